The van der Waals surface area contributed by atoms with Gasteiger partial charge in [-0.05, 0) is 18.6 Å². The molecule has 2 atom stereocenters. The van der Waals surface area contributed by atoms with Crippen LogP contribution in [-0.4, -0.2) is 38.5 Å². The summed E-state index contributed by atoms with van der Waals surface area (Å²) >= 11 is 0. The van der Waals surface area contributed by atoms with Crippen LogP contribution in [0.4, 0.5) is 5.69 Å². The maximum atomic E-state index is 9.71. The number of hydrogen-bond donors (Lipinski definition) is 2. The molecule has 17 heavy (non-hydrogen) atoms. The first-order valence-electron chi connectivity index (χ1n) is 5.79. The lowest BCUT2D eigenvalue weighted by atomic mass is 10.1. The zero-order valence-corrected chi connectivity index (χ0v) is 10.8. The molecular formula is C13H22N2O2. The molecule has 0 spiro atoms. The summed E-state index contributed by atoms with van der Waals surface area (Å²) in [5.41, 5.74) is 8.06. The van der Waals surface area contributed by atoms with E-state index >= 15 is 0 Å². The topological polar surface area (TPSA) is 58.7 Å². The Labute approximate surface area is 103 Å². The second kappa shape index (κ2) is 6.59. The highest BCUT2D eigenvalue weighted by Crippen LogP contribution is 2.23. The molecule has 0 radical (unpaired) electrons. The molecule has 0 fully saturated rings. The number of aliphatic hydroxyl groups is 1. The van der Waals surface area contributed by atoms with Gasteiger partial charge in [-0.25, -0.2) is 0 Å². The van der Waals surface area contributed by atoms with Crippen molar-refractivity contribution in [1.29, 1.82) is 0 Å². The number of ether oxygens (including phenoxy) is 1. The van der Waals surface area contributed by atoms with Crippen LogP contribution < -0.4 is 10.6 Å². The largest absolute Gasteiger partial charge is 0.389 e. The van der Waals surface area contributed by atoms with Gasteiger partial charge in [0.2, 0.25) is 0 Å². The highest BCUT2D eigenvalue weighted by molar-refractivity contribution is 5.54. The molecule has 4 heteroatoms. The monoisotopic (exact) mass is 238 g/mol. The first-order valence-corrected chi connectivity index (χ1v) is 5.79. The molecular weight excluding hydrogens is 216 g/mol. The Bertz CT molecular complexity index is 342. The van der Waals surface area contributed by atoms with Gasteiger partial charge in [-0.1, -0.05) is 18.2 Å². The van der Waals surface area contributed by atoms with Gasteiger partial charge in [-0.2, -0.15) is 0 Å². The molecule has 96 valence electrons. The van der Waals surface area contributed by atoms with E-state index in [0.717, 1.165) is 11.3 Å². The van der Waals surface area contributed by atoms with Crippen LogP contribution in [0.5, 0.6) is 0 Å². The SMILES string of the molecule is COCC(O)CN(C)c1ccccc1[C@@H](C)N. The van der Waals surface area contributed by atoms with Gasteiger partial charge in [-0.15, -0.1) is 0 Å². The zero-order chi connectivity index (χ0) is 12.8. The lowest BCUT2D eigenvalue weighted by molar-refractivity contribution is 0.0695. The van der Waals surface area contributed by atoms with Crippen molar-refractivity contribution in [1.82, 2.24) is 0 Å². The van der Waals surface area contributed by atoms with Crippen molar-refractivity contribution < 1.29 is 9.84 Å². The van der Waals surface area contributed by atoms with Gasteiger partial charge < -0.3 is 20.5 Å². The lowest BCUT2D eigenvalue weighted by Crippen LogP contribution is -2.32. The molecule has 4 nitrogen and oxygen atoms in total. The van der Waals surface area contributed by atoms with Crippen LogP contribution in [0, 0.1) is 0 Å². The van der Waals surface area contributed by atoms with Crippen LogP contribution in [0.2, 0.25) is 0 Å². The van der Waals surface area contributed by atoms with E-state index < -0.39 is 6.10 Å². The fourth-order valence-corrected chi connectivity index (χ4v) is 1.88. The molecule has 0 heterocycles. The second-order valence-electron chi connectivity index (χ2n) is 4.34. The van der Waals surface area contributed by atoms with E-state index in [1.807, 2.05) is 43.1 Å². The molecule has 0 saturated heterocycles. The Kier molecular flexibility index (Phi) is 5.41. The summed E-state index contributed by atoms with van der Waals surface area (Å²) in [7, 11) is 3.53. The summed E-state index contributed by atoms with van der Waals surface area (Å²) in [5, 5.41) is 9.71. The van der Waals surface area contributed by atoms with Gasteiger partial charge in [0.25, 0.3) is 0 Å². The average molecular weight is 238 g/mol. The molecule has 1 rings (SSSR count). The van der Waals surface area contributed by atoms with Gasteiger partial charge in [-0.3, -0.25) is 0 Å². The zero-order valence-electron chi connectivity index (χ0n) is 10.8. The summed E-state index contributed by atoms with van der Waals surface area (Å²) < 4.78 is 4.92. The highest BCUT2D eigenvalue weighted by Gasteiger charge is 2.13. The van der Waals surface area contributed by atoms with E-state index in [2.05, 4.69) is 0 Å². The smallest absolute Gasteiger partial charge is 0.0947 e. The number of anilines is 1. The number of methoxy groups -OCH3 is 1. The predicted molar refractivity (Wildman–Crippen MR) is 70.2 cm³/mol. The molecule has 0 amide bonds. The lowest BCUT2D eigenvalue weighted by Gasteiger charge is -2.26. The Balaban J connectivity index is 2.77. The number of para-hydroxylation sites is 1. The van der Waals surface area contributed by atoms with Crippen LogP contribution in [0.15, 0.2) is 24.3 Å². The first kappa shape index (κ1) is 14.0. The van der Waals surface area contributed by atoms with E-state index in [4.69, 9.17) is 10.5 Å². The van der Waals surface area contributed by atoms with Crippen LogP contribution in [0.1, 0.15) is 18.5 Å². The molecule has 1 unspecified atom stereocenters. The van der Waals surface area contributed by atoms with Crippen molar-refractivity contribution in [3.8, 4) is 0 Å². The maximum absolute atomic E-state index is 9.71. The summed E-state index contributed by atoms with van der Waals surface area (Å²) in [4.78, 5) is 2.00. The summed E-state index contributed by atoms with van der Waals surface area (Å²) in [6.45, 7) is 2.82. The molecule has 0 aliphatic rings. The van der Waals surface area contributed by atoms with Gasteiger partial charge in [0.05, 0.1) is 12.7 Å². The van der Waals surface area contributed by atoms with Crippen LogP contribution in [0.25, 0.3) is 0 Å². The fraction of sp³-hybridized carbons (Fsp3) is 0.538. The maximum Gasteiger partial charge on any atom is 0.0947 e. The van der Waals surface area contributed by atoms with Gasteiger partial charge in [0.1, 0.15) is 0 Å². The third-order valence-electron chi connectivity index (χ3n) is 2.68. The minimum atomic E-state index is -0.494. The quantitative estimate of drug-likeness (QED) is 0.780. The fourth-order valence-electron chi connectivity index (χ4n) is 1.88. The predicted octanol–water partition coefficient (Wildman–Crippen LogP) is 1.15. The molecule has 0 saturated carbocycles. The minimum absolute atomic E-state index is 0.0202. The van der Waals surface area contributed by atoms with Crippen molar-refractivity contribution in [2.24, 2.45) is 5.73 Å². The van der Waals surface area contributed by atoms with Crippen LogP contribution >= 0.6 is 0 Å². The molecule has 0 bridgehead atoms. The van der Waals surface area contributed by atoms with Crippen LogP contribution in [-0.2, 0) is 4.74 Å². The Morgan fingerprint density at radius 2 is 2.06 bits per heavy atom. The molecule has 0 aliphatic carbocycles. The van der Waals surface area contributed by atoms with E-state index in [1.54, 1.807) is 7.11 Å². The third kappa shape index (κ3) is 4.00. The number of nitrogens with zero attached hydrogens (tertiary/aromatic N) is 1. The normalized spacial score (nSPS) is 14.4. The number of benzene rings is 1. The number of aliphatic hydroxyl groups excluding tert-OH is 1. The van der Waals surface area contributed by atoms with E-state index in [-0.39, 0.29) is 6.04 Å². The van der Waals surface area contributed by atoms with Gasteiger partial charge in [0.15, 0.2) is 0 Å². The average Bonchev–Trinajstić information content (AvgIpc) is 2.29. The first-order chi connectivity index (χ1) is 8.06. The summed E-state index contributed by atoms with van der Waals surface area (Å²) in [6, 6.07) is 7.95. The molecule has 3 N–H and O–H groups in total. The van der Waals surface area contributed by atoms with Gasteiger partial charge >= 0.3 is 0 Å². The number of rotatable bonds is 6. The molecule has 1 aromatic rings. The van der Waals surface area contributed by atoms with E-state index in [0.29, 0.717) is 13.2 Å². The number of likely N-dealkylation sites (N-methyl/N-ethyl adjacent to an activating group) is 1. The van der Waals surface area contributed by atoms with E-state index in [1.165, 1.54) is 0 Å². The van der Waals surface area contributed by atoms with Crippen molar-refractivity contribution in [2.45, 2.75) is 19.1 Å². The summed E-state index contributed by atoms with van der Waals surface area (Å²) in [6.07, 6.45) is -0.494. The second-order valence-corrected chi connectivity index (χ2v) is 4.34. The van der Waals surface area contributed by atoms with Gasteiger partial charge in [0, 0.05) is 32.4 Å². The van der Waals surface area contributed by atoms with Crippen molar-refractivity contribution in [2.75, 3.05) is 32.2 Å². The van der Waals surface area contributed by atoms with Crippen molar-refractivity contribution >= 4 is 5.69 Å². The summed E-state index contributed by atoms with van der Waals surface area (Å²) in [5.74, 6) is 0. The molecule has 0 aromatic heterocycles. The van der Waals surface area contributed by atoms with E-state index in [9.17, 15) is 5.11 Å². The van der Waals surface area contributed by atoms with Crippen molar-refractivity contribution in [3.63, 3.8) is 0 Å². The van der Waals surface area contributed by atoms with Crippen molar-refractivity contribution in [3.05, 3.63) is 29.8 Å². The standard InChI is InChI=1S/C13H22N2O2/c1-10(14)12-6-4-5-7-13(12)15(2)8-11(16)9-17-3/h4-7,10-11,16H,8-9,14H2,1-3H3/t10-,11?/m1/s1. The molecule has 1 aromatic carbocycles. The third-order valence-corrected chi connectivity index (χ3v) is 2.68. The molecule has 0 aliphatic heterocycles. The Morgan fingerprint density at radius 1 is 1.41 bits per heavy atom. The number of hydrogen-bond acceptors (Lipinski definition) is 4. The van der Waals surface area contributed by atoms with Crippen LogP contribution in [0.3, 0.4) is 0 Å². The Hall–Kier alpha value is -1.10. The number of nitrogens with two attached hydrogens (primary N) is 1. The minimum Gasteiger partial charge on any atom is -0.389 e. The highest BCUT2D eigenvalue weighted by atomic mass is 16.5. The Morgan fingerprint density at radius 3 is 2.65 bits per heavy atom.